The Hall–Kier alpha value is -0.680. The predicted molar refractivity (Wildman–Crippen MR) is 71.6 cm³/mol. The van der Waals surface area contributed by atoms with Gasteiger partial charge in [-0.1, -0.05) is 25.6 Å². The number of rotatable bonds is 5. The Kier molecular flexibility index (Phi) is 5.85. The third kappa shape index (κ3) is 3.64. The van der Waals surface area contributed by atoms with E-state index in [0.717, 1.165) is 25.7 Å². The summed E-state index contributed by atoms with van der Waals surface area (Å²) in [5.74, 6) is -0.361. The minimum atomic E-state index is -0.359. The van der Waals surface area contributed by atoms with Gasteiger partial charge in [0.25, 0.3) is 0 Å². The molecule has 1 heterocycles. The molecule has 1 fully saturated rings. The molecule has 1 aliphatic heterocycles. The zero-order valence-electron chi connectivity index (χ0n) is 10.4. The van der Waals surface area contributed by atoms with E-state index in [4.69, 9.17) is 18.0 Å². The number of carbonyl (C=O) groups excluding carboxylic acids is 1. The number of hydrogen-bond donors (Lipinski definition) is 2. The van der Waals surface area contributed by atoms with E-state index in [9.17, 15) is 9.90 Å². The van der Waals surface area contributed by atoms with E-state index in [0.29, 0.717) is 13.0 Å². The molecule has 3 N–H and O–H groups in total. The summed E-state index contributed by atoms with van der Waals surface area (Å²) in [5, 5.41) is 9.30. The number of thiocarbonyl (C=S) groups is 1. The van der Waals surface area contributed by atoms with Gasteiger partial charge in [-0.25, -0.2) is 0 Å². The van der Waals surface area contributed by atoms with E-state index in [1.807, 2.05) is 6.92 Å². The van der Waals surface area contributed by atoms with Crippen LogP contribution < -0.4 is 5.73 Å². The van der Waals surface area contributed by atoms with Crippen LogP contribution in [0.3, 0.4) is 0 Å². The highest BCUT2D eigenvalue weighted by molar-refractivity contribution is 7.80. The summed E-state index contributed by atoms with van der Waals surface area (Å²) in [6.07, 6.45) is 4.52. The first-order chi connectivity index (χ1) is 8.11. The lowest BCUT2D eigenvalue weighted by atomic mass is 9.97. The summed E-state index contributed by atoms with van der Waals surface area (Å²) in [6.45, 7) is 2.76. The van der Waals surface area contributed by atoms with E-state index in [1.54, 1.807) is 4.90 Å². The minimum Gasteiger partial charge on any atom is -0.394 e. The highest BCUT2D eigenvalue weighted by Gasteiger charge is 2.31. The first-order valence-corrected chi connectivity index (χ1v) is 6.73. The van der Waals surface area contributed by atoms with Crippen LogP contribution >= 0.6 is 12.2 Å². The zero-order valence-corrected chi connectivity index (χ0v) is 11.2. The fourth-order valence-corrected chi connectivity index (χ4v) is 2.58. The molecule has 1 saturated heterocycles. The minimum absolute atomic E-state index is 0.00176. The molecule has 0 radical (unpaired) electrons. The van der Waals surface area contributed by atoms with Gasteiger partial charge in [-0.15, -0.1) is 0 Å². The van der Waals surface area contributed by atoms with Gasteiger partial charge < -0.3 is 15.7 Å². The second-order valence-corrected chi connectivity index (χ2v) is 5.08. The van der Waals surface area contributed by atoms with Crippen LogP contribution in [0.5, 0.6) is 0 Å². The van der Waals surface area contributed by atoms with Crippen molar-refractivity contribution < 1.29 is 9.90 Å². The number of aliphatic hydroxyl groups is 1. The Balaban J connectivity index is 2.73. The summed E-state index contributed by atoms with van der Waals surface area (Å²) >= 11 is 4.97. The average Bonchev–Trinajstić information content (AvgIpc) is 2.34. The van der Waals surface area contributed by atoms with E-state index in [2.05, 4.69) is 0 Å². The molecule has 98 valence electrons. The number of nitrogens with zero attached hydrogens (tertiary/aromatic N) is 1. The average molecular weight is 258 g/mol. The lowest BCUT2D eigenvalue weighted by molar-refractivity contribution is -0.138. The number of amides is 1. The predicted octanol–water partition coefficient (Wildman–Crippen LogP) is 1.06. The summed E-state index contributed by atoms with van der Waals surface area (Å²) in [4.78, 5) is 14.4. The lowest BCUT2D eigenvalue weighted by Gasteiger charge is -2.36. The van der Waals surface area contributed by atoms with Crippen molar-refractivity contribution in [2.24, 2.45) is 11.7 Å². The van der Waals surface area contributed by atoms with Crippen LogP contribution in [-0.4, -0.2) is 40.1 Å². The Morgan fingerprint density at radius 3 is 2.82 bits per heavy atom. The molecule has 1 rings (SSSR count). The largest absolute Gasteiger partial charge is 0.394 e. The molecule has 0 saturated carbocycles. The molecular formula is C12H22N2O2S. The van der Waals surface area contributed by atoms with Crippen LogP contribution in [0, 0.1) is 5.92 Å². The van der Waals surface area contributed by atoms with E-state index < -0.39 is 0 Å². The molecule has 2 unspecified atom stereocenters. The third-order valence-electron chi connectivity index (χ3n) is 3.34. The Morgan fingerprint density at radius 2 is 2.29 bits per heavy atom. The standard InChI is InChI=1S/C12H22N2O2S/c1-2-5-10(11(13)17)12(16)14-7-4-3-6-9(14)8-15/h9-10,15H,2-8H2,1H3,(H2,13,17). The number of hydrogen-bond acceptors (Lipinski definition) is 3. The molecule has 2 atom stereocenters. The van der Waals surface area contributed by atoms with Crippen LogP contribution in [0.1, 0.15) is 39.0 Å². The second kappa shape index (κ2) is 6.91. The number of piperidine rings is 1. The molecule has 1 aliphatic rings. The van der Waals surface area contributed by atoms with Crippen molar-refractivity contribution in [3.05, 3.63) is 0 Å². The summed E-state index contributed by atoms with van der Waals surface area (Å²) in [7, 11) is 0. The van der Waals surface area contributed by atoms with Gasteiger partial charge in [-0.3, -0.25) is 4.79 Å². The third-order valence-corrected chi connectivity index (χ3v) is 3.62. The Labute approximate surface area is 108 Å². The topological polar surface area (TPSA) is 66.6 Å². The highest BCUT2D eigenvalue weighted by atomic mass is 32.1. The van der Waals surface area contributed by atoms with Crippen molar-refractivity contribution in [2.75, 3.05) is 13.2 Å². The van der Waals surface area contributed by atoms with Crippen LogP contribution in [0.2, 0.25) is 0 Å². The molecule has 0 bridgehead atoms. The zero-order chi connectivity index (χ0) is 12.8. The van der Waals surface area contributed by atoms with E-state index in [1.165, 1.54) is 0 Å². The summed E-state index contributed by atoms with van der Waals surface area (Å²) < 4.78 is 0. The maximum atomic E-state index is 12.3. The van der Waals surface area contributed by atoms with Gasteiger partial charge in [0.2, 0.25) is 5.91 Å². The quantitative estimate of drug-likeness (QED) is 0.724. The lowest BCUT2D eigenvalue weighted by Crippen LogP contribution is -2.50. The normalized spacial score (nSPS) is 22.2. The monoisotopic (exact) mass is 258 g/mol. The van der Waals surface area contributed by atoms with Gasteiger partial charge >= 0.3 is 0 Å². The van der Waals surface area contributed by atoms with Crippen molar-refractivity contribution in [3.8, 4) is 0 Å². The van der Waals surface area contributed by atoms with Crippen molar-refractivity contribution >= 4 is 23.1 Å². The second-order valence-electron chi connectivity index (χ2n) is 4.61. The smallest absolute Gasteiger partial charge is 0.232 e. The number of nitrogens with two attached hydrogens (primary N) is 1. The summed E-state index contributed by atoms with van der Waals surface area (Å²) in [5.41, 5.74) is 5.64. The number of likely N-dealkylation sites (tertiary alicyclic amines) is 1. The number of carbonyl (C=O) groups is 1. The molecule has 0 aromatic carbocycles. The molecule has 0 spiro atoms. The van der Waals surface area contributed by atoms with Gasteiger partial charge in [0, 0.05) is 6.54 Å². The SMILES string of the molecule is CCCC(C(=O)N1CCCCC1CO)C(N)=S. The Bertz CT molecular complexity index is 284. The Morgan fingerprint density at radius 1 is 1.59 bits per heavy atom. The van der Waals surface area contributed by atoms with Crippen LogP contribution in [0.4, 0.5) is 0 Å². The molecule has 5 heteroatoms. The van der Waals surface area contributed by atoms with Gasteiger partial charge in [0.15, 0.2) is 0 Å². The van der Waals surface area contributed by atoms with Crippen molar-refractivity contribution in [1.82, 2.24) is 4.90 Å². The van der Waals surface area contributed by atoms with Gasteiger partial charge in [0.05, 0.1) is 23.6 Å². The maximum absolute atomic E-state index is 12.3. The first kappa shape index (κ1) is 14.4. The fraction of sp³-hybridized carbons (Fsp3) is 0.833. The van der Waals surface area contributed by atoms with Crippen molar-refractivity contribution in [3.63, 3.8) is 0 Å². The van der Waals surface area contributed by atoms with Crippen molar-refractivity contribution in [1.29, 1.82) is 0 Å². The van der Waals surface area contributed by atoms with Crippen molar-refractivity contribution in [2.45, 2.75) is 45.1 Å². The molecule has 17 heavy (non-hydrogen) atoms. The molecule has 0 aromatic rings. The van der Waals surface area contributed by atoms with E-state index >= 15 is 0 Å². The number of aliphatic hydroxyl groups excluding tert-OH is 1. The maximum Gasteiger partial charge on any atom is 0.232 e. The molecule has 1 amide bonds. The molecule has 4 nitrogen and oxygen atoms in total. The first-order valence-electron chi connectivity index (χ1n) is 6.32. The molecule has 0 aromatic heterocycles. The van der Waals surface area contributed by atoms with Crippen LogP contribution in [0.15, 0.2) is 0 Å². The van der Waals surface area contributed by atoms with Gasteiger partial charge in [0.1, 0.15) is 0 Å². The molecule has 0 aliphatic carbocycles. The van der Waals surface area contributed by atoms with Gasteiger partial charge in [-0.05, 0) is 25.7 Å². The summed E-state index contributed by atoms with van der Waals surface area (Å²) in [6, 6.07) is -0.0510. The highest BCUT2D eigenvalue weighted by Crippen LogP contribution is 2.21. The van der Waals surface area contributed by atoms with Crippen LogP contribution in [-0.2, 0) is 4.79 Å². The van der Waals surface area contributed by atoms with E-state index in [-0.39, 0.29) is 29.5 Å². The van der Waals surface area contributed by atoms with Crippen LogP contribution in [0.25, 0.3) is 0 Å². The molecular weight excluding hydrogens is 236 g/mol. The fourth-order valence-electron chi connectivity index (χ4n) is 2.36. The van der Waals surface area contributed by atoms with Gasteiger partial charge in [-0.2, -0.15) is 0 Å².